The molecule has 106 valence electrons. The SMILES string of the molecule is C/C(=N\NC(=O)c1nc2ccccn2c1C)c1ccco1. The number of hydrazone groups is 1. The number of amides is 1. The highest BCUT2D eigenvalue weighted by atomic mass is 16.3. The van der Waals surface area contributed by atoms with Crippen molar-refractivity contribution in [2.24, 2.45) is 5.10 Å². The third kappa shape index (κ3) is 2.43. The molecule has 1 N–H and O–H groups in total. The molecule has 0 radical (unpaired) electrons. The van der Waals surface area contributed by atoms with Gasteiger partial charge in [0.25, 0.3) is 5.91 Å². The Bertz CT molecular complexity index is 815. The van der Waals surface area contributed by atoms with E-state index in [-0.39, 0.29) is 5.91 Å². The van der Waals surface area contributed by atoms with Gasteiger partial charge in [0, 0.05) is 6.20 Å². The Morgan fingerprint density at radius 2 is 2.19 bits per heavy atom. The van der Waals surface area contributed by atoms with Crippen molar-refractivity contribution in [2.45, 2.75) is 13.8 Å². The molecular formula is C15H14N4O2. The molecule has 0 aliphatic carbocycles. The Morgan fingerprint density at radius 3 is 2.90 bits per heavy atom. The number of carbonyl (C=O) groups excluding carboxylic acids is 1. The molecule has 0 aromatic carbocycles. The van der Waals surface area contributed by atoms with Crippen molar-refractivity contribution in [1.29, 1.82) is 0 Å². The molecule has 3 aromatic rings. The lowest BCUT2D eigenvalue weighted by atomic mass is 10.3. The lowest BCUT2D eigenvalue weighted by Crippen LogP contribution is -2.20. The Labute approximate surface area is 121 Å². The van der Waals surface area contributed by atoms with Gasteiger partial charge in [-0.3, -0.25) is 4.79 Å². The first kappa shape index (κ1) is 13.1. The number of aromatic nitrogens is 2. The monoisotopic (exact) mass is 282 g/mol. The van der Waals surface area contributed by atoms with Gasteiger partial charge in [-0.15, -0.1) is 0 Å². The first-order valence-corrected chi connectivity index (χ1v) is 6.49. The van der Waals surface area contributed by atoms with Crippen LogP contribution in [-0.4, -0.2) is 21.0 Å². The molecule has 3 rings (SSSR count). The van der Waals surface area contributed by atoms with Crippen LogP contribution in [0.1, 0.15) is 28.9 Å². The standard InChI is InChI=1S/C15H14N4O2/c1-10(12-6-5-9-21-12)17-18-15(20)14-11(2)19-8-4-3-7-13(19)16-14/h3-9H,1-2H3,(H,18,20)/b17-10+. The van der Waals surface area contributed by atoms with E-state index in [9.17, 15) is 4.79 Å². The van der Waals surface area contributed by atoms with Crippen LogP contribution in [0, 0.1) is 6.92 Å². The van der Waals surface area contributed by atoms with Crippen LogP contribution >= 0.6 is 0 Å². The van der Waals surface area contributed by atoms with Crippen LogP contribution in [0.5, 0.6) is 0 Å². The van der Waals surface area contributed by atoms with E-state index < -0.39 is 0 Å². The first-order valence-electron chi connectivity index (χ1n) is 6.49. The van der Waals surface area contributed by atoms with Crippen LogP contribution in [0.3, 0.4) is 0 Å². The summed E-state index contributed by atoms with van der Waals surface area (Å²) in [5, 5.41) is 4.03. The molecule has 0 unspecified atom stereocenters. The third-order valence-corrected chi connectivity index (χ3v) is 3.19. The van der Waals surface area contributed by atoms with Crippen LogP contribution in [0.4, 0.5) is 0 Å². The number of furan rings is 1. The van der Waals surface area contributed by atoms with E-state index in [1.807, 2.05) is 35.7 Å². The largest absolute Gasteiger partial charge is 0.463 e. The minimum absolute atomic E-state index is 0.345. The zero-order valence-electron chi connectivity index (χ0n) is 11.7. The number of aryl methyl sites for hydroxylation is 1. The summed E-state index contributed by atoms with van der Waals surface area (Å²) in [6, 6.07) is 9.16. The molecule has 0 bridgehead atoms. The quantitative estimate of drug-likeness (QED) is 0.592. The van der Waals surface area contributed by atoms with Gasteiger partial charge in [-0.1, -0.05) is 6.07 Å². The Kier molecular flexibility index (Phi) is 3.27. The maximum atomic E-state index is 12.2. The summed E-state index contributed by atoms with van der Waals surface area (Å²) in [4.78, 5) is 16.5. The maximum Gasteiger partial charge on any atom is 0.291 e. The predicted molar refractivity (Wildman–Crippen MR) is 78.3 cm³/mol. The molecule has 3 heterocycles. The van der Waals surface area contributed by atoms with Gasteiger partial charge < -0.3 is 8.82 Å². The van der Waals surface area contributed by atoms with E-state index in [1.54, 1.807) is 25.3 Å². The number of hydrogen-bond acceptors (Lipinski definition) is 4. The van der Waals surface area contributed by atoms with Gasteiger partial charge in [0.1, 0.15) is 17.1 Å². The minimum Gasteiger partial charge on any atom is -0.463 e. The van der Waals surface area contributed by atoms with Crippen LogP contribution in [0.2, 0.25) is 0 Å². The number of imidazole rings is 1. The van der Waals surface area contributed by atoms with E-state index in [0.717, 1.165) is 11.3 Å². The highest BCUT2D eigenvalue weighted by Gasteiger charge is 2.15. The number of pyridine rings is 1. The number of carbonyl (C=O) groups is 1. The average Bonchev–Trinajstić information content (AvgIpc) is 3.13. The molecule has 0 aliphatic rings. The Morgan fingerprint density at radius 1 is 1.33 bits per heavy atom. The highest BCUT2D eigenvalue weighted by molar-refractivity contribution is 5.99. The van der Waals surface area contributed by atoms with E-state index in [0.29, 0.717) is 17.2 Å². The normalized spacial score (nSPS) is 11.8. The Hall–Kier alpha value is -2.89. The molecule has 1 amide bonds. The zero-order chi connectivity index (χ0) is 14.8. The lowest BCUT2D eigenvalue weighted by molar-refractivity contribution is 0.0949. The van der Waals surface area contributed by atoms with Crippen molar-refractivity contribution < 1.29 is 9.21 Å². The molecule has 3 aromatic heterocycles. The second kappa shape index (κ2) is 5.24. The summed E-state index contributed by atoms with van der Waals surface area (Å²) in [7, 11) is 0. The van der Waals surface area contributed by atoms with E-state index in [4.69, 9.17) is 4.42 Å². The van der Waals surface area contributed by atoms with Crippen LogP contribution in [0.15, 0.2) is 52.3 Å². The van der Waals surface area contributed by atoms with Crippen molar-refractivity contribution in [3.05, 3.63) is 59.9 Å². The molecule has 21 heavy (non-hydrogen) atoms. The van der Waals surface area contributed by atoms with Crippen molar-refractivity contribution in [3.8, 4) is 0 Å². The second-order valence-corrected chi connectivity index (χ2v) is 4.59. The molecule has 0 atom stereocenters. The lowest BCUT2D eigenvalue weighted by Gasteiger charge is -2.00. The van der Waals surface area contributed by atoms with Gasteiger partial charge >= 0.3 is 0 Å². The maximum absolute atomic E-state index is 12.2. The van der Waals surface area contributed by atoms with Crippen LogP contribution < -0.4 is 5.43 Å². The second-order valence-electron chi connectivity index (χ2n) is 4.59. The van der Waals surface area contributed by atoms with Crippen molar-refractivity contribution in [3.63, 3.8) is 0 Å². The molecule has 0 spiro atoms. The van der Waals surface area contributed by atoms with E-state index >= 15 is 0 Å². The number of nitrogens with one attached hydrogen (secondary N) is 1. The fourth-order valence-corrected chi connectivity index (χ4v) is 2.06. The van der Waals surface area contributed by atoms with Gasteiger partial charge in [-0.25, -0.2) is 10.4 Å². The fraction of sp³-hybridized carbons (Fsp3) is 0.133. The van der Waals surface area contributed by atoms with Crippen molar-refractivity contribution in [2.75, 3.05) is 0 Å². The number of rotatable bonds is 3. The topological polar surface area (TPSA) is 71.9 Å². The number of nitrogens with zero attached hydrogens (tertiary/aromatic N) is 3. The molecule has 0 saturated heterocycles. The Balaban J connectivity index is 1.84. The molecular weight excluding hydrogens is 268 g/mol. The summed E-state index contributed by atoms with van der Waals surface area (Å²) in [5.41, 5.74) is 4.95. The summed E-state index contributed by atoms with van der Waals surface area (Å²) < 4.78 is 7.06. The van der Waals surface area contributed by atoms with Gasteiger partial charge in [0.15, 0.2) is 5.69 Å². The molecule has 0 aliphatic heterocycles. The van der Waals surface area contributed by atoms with Crippen LogP contribution in [-0.2, 0) is 0 Å². The smallest absolute Gasteiger partial charge is 0.291 e. The molecule has 6 heteroatoms. The van der Waals surface area contributed by atoms with E-state index in [2.05, 4.69) is 15.5 Å². The van der Waals surface area contributed by atoms with Gasteiger partial charge in [-0.2, -0.15) is 5.10 Å². The van der Waals surface area contributed by atoms with Crippen LogP contribution in [0.25, 0.3) is 5.65 Å². The fourth-order valence-electron chi connectivity index (χ4n) is 2.06. The van der Waals surface area contributed by atoms with Gasteiger partial charge in [0.2, 0.25) is 0 Å². The third-order valence-electron chi connectivity index (χ3n) is 3.19. The minimum atomic E-state index is -0.345. The van der Waals surface area contributed by atoms with Gasteiger partial charge in [0.05, 0.1) is 12.0 Å². The first-order chi connectivity index (χ1) is 10.2. The summed E-state index contributed by atoms with van der Waals surface area (Å²) in [6.45, 7) is 3.60. The average molecular weight is 282 g/mol. The highest BCUT2D eigenvalue weighted by Crippen LogP contribution is 2.11. The molecule has 0 saturated carbocycles. The van der Waals surface area contributed by atoms with E-state index in [1.165, 1.54) is 0 Å². The van der Waals surface area contributed by atoms with Crippen molar-refractivity contribution >= 4 is 17.3 Å². The summed E-state index contributed by atoms with van der Waals surface area (Å²) in [6.07, 6.45) is 3.42. The molecule has 0 fully saturated rings. The predicted octanol–water partition coefficient (Wildman–Crippen LogP) is 2.39. The number of fused-ring (bicyclic) bond motifs is 1. The number of hydrogen-bond donors (Lipinski definition) is 1. The van der Waals surface area contributed by atoms with Crippen molar-refractivity contribution in [1.82, 2.24) is 14.8 Å². The summed E-state index contributed by atoms with van der Waals surface area (Å²) in [5.74, 6) is 0.268. The molecule has 6 nitrogen and oxygen atoms in total. The summed E-state index contributed by atoms with van der Waals surface area (Å²) >= 11 is 0. The zero-order valence-corrected chi connectivity index (χ0v) is 11.7. The van der Waals surface area contributed by atoms with Gasteiger partial charge in [-0.05, 0) is 38.1 Å².